The molecule has 0 heterocycles. The van der Waals surface area contributed by atoms with Crippen LogP contribution in [0, 0.1) is 11.6 Å². The fourth-order valence-electron chi connectivity index (χ4n) is 1.10. The fourth-order valence-corrected chi connectivity index (χ4v) is 1.33. The van der Waals surface area contributed by atoms with Crippen molar-refractivity contribution < 1.29 is 19.0 Å². The lowest BCUT2D eigenvalue weighted by Gasteiger charge is -2.16. The molecule has 6 heteroatoms. The van der Waals surface area contributed by atoms with Crippen molar-refractivity contribution in [3.63, 3.8) is 0 Å². The number of halogens is 3. The van der Waals surface area contributed by atoms with Gasteiger partial charge in [-0.05, 0) is 33.6 Å². The van der Waals surface area contributed by atoms with E-state index in [2.05, 4.69) is 15.9 Å². The molecule has 0 spiro atoms. The molecular weight excluding hydrogens is 272 g/mol. The van der Waals surface area contributed by atoms with E-state index in [0.29, 0.717) is 0 Å². The zero-order valence-electron chi connectivity index (χ0n) is 7.62. The fraction of sp³-hybridized carbons (Fsp3) is 0.333. The quantitative estimate of drug-likeness (QED) is 0.727. The van der Waals surface area contributed by atoms with Gasteiger partial charge < -0.3 is 15.9 Å². The number of hydrogen-bond acceptors (Lipinski definition) is 3. The Morgan fingerprint density at radius 3 is 2.13 bits per heavy atom. The number of aliphatic hydroxyl groups is 2. The van der Waals surface area contributed by atoms with Gasteiger partial charge in [-0.25, -0.2) is 8.78 Å². The molecule has 84 valence electrons. The molecule has 0 aliphatic heterocycles. The van der Waals surface area contributed by atoms with E-state index in [9.17, 15) is 19.0 Å². The van der Waals surface area contributed by atoms with Crippen LogP contribution in [0.4, 0.5) is 8.78 Å². The summed E-state index contributed by atoms with van der Waals surface area (Å²) in [6, 6.07) is 1.88. The van der Waals surface area contributed by atoms with Gasteiger partial charge in [-0.1, -0.05) is 0 Å². The lowest BCUT2D eigenvalue weighted by molar-refractivity contribution is 0.0240. The lowest BCUT2D eigenvalue weighted by Crippen LogP contribution is -2.27. The van der Waals surface area contributed by atoms with Crippen LogP contribution in [-0.4, -0.2) is 22.9 Å². The Kier molecular flexibility index (Phi) is 4.15. The molecule has 2 atom stereocenters. The van der Waals surface area contributed by atoms with E-state index in [1.165, 1.54) is 0 Å². The standard InChI is InChI=1S/C9H10BrF2NO2/c10-8-5(11)1-4(2-6(8)12)9(15)7(14)3-13/h1-2,7,9,14-15H,3,13H2. The third-order valence-electron chi connectivity index (χ3n) is 1.95. The van der Waals surface area contributed by atoms with Crippen molar-refractivity contribution in [1.29, 1.82) is 0 Å². The van der Waals surface area contributed by atoms with Gasteiger partial charge in [-0.15, -0.1) is 0 Å². The van der Waals surface area contributed by atoms with Crippen molar-refractivity contribution in [2.75, 3.05) is 6.54 Å². The van der Waals surface area contributed by atoms with Crippen molar-refractivity contribution >= 4 is 15.9 Å². The molecule has 15 heavy (non-hydrogen) atoms. The molecule has 1 aromatic rings. The molecule has 2 unspecified atom stereocenters. The summed E-state index contributed by atoms with van der Waals surface area (Å²) < 4.78 is 25.8. The van der Waals surface area contributed by atoms with Crippen LogP contribution < -0.4 is 5.73 Å². The number of rotatable bonds is 3. The van der Waals surface area contributed by atoms with Gasteiger partial charge in [-0.2, -0.15) is 0 Å². The van der Waals surface area contributed by atoms with Gasteiger partial charge >= 0.3 is 0 Å². The summed E-state index contributed by atoms with van der Waals surface area (Å²) in [5.74, 6) is -1.68. The Balaban J connectivity index is 3.06. The van der Waals surface area contributed by atoms with Crippen LogP contribution >= 0.6 is 15.9 Å². The summed E-state index contributed by atoms with van der Waals surface area (Å²) in [5, 5.41) is 18.6. The zero-order chi connectivity index (χ0) is 11.6. The van der Waals surface area contributed by atoms with Gasteiger partial charge in [0.05, 0.1) is 10.6 Å². The SMILES string of the molecule is NCC(O)C(O)c1cc(F)c(Br)c(F)c1. The van der Waals surface area contributed by atoms with Crippen LogP contribution in [0.2, 0.25) is 0 Å². The highest BCUT2D eigenvalue weighted by molar-refractivity contribution is 9.10. The van der Waals surface area contributed by atoms with Gasteiger partial charge in [0.15, 0.2) is 0 Å². The van der Waals surface area contributed by atoms with Crippen LogP contribution in [-0.2, 0) is 0 Å². The van der Waals surface area contributed by atoms with Crippen molar-refractivity contribution in [3.05, 3.63) is 33.8 Å². The molecule has 0 saturated heterocycles. The van der Waals surface area contributed by atoms with E-state index in [-0.39, 0.29) is 16.6 Å². The number of aliphatic hydroxyl groups excluding tert-OH is 2. The summed E-state index contributed by atoms with van der Waals surface area (Å²) in [7, 11) is 0. The van der Waals surface area contributed by atoms with Crippen LogP contribution in [0.25, 0.3) is 0 Å². The largest absolute Gasteiger partial charge is 0.389 e. The molecule has 0 aliphatic carbocycles. The first-order chi connectivity index (χ1) is 6.97. The minimum atomic E-state index is -1.40. The molecule has 0 amide bonds. The summed E-state index contributed by atoms with van der Waals surface area (Å²) in [6.45, 7) is -0.194. The first-order valence-electron chi connectivity index (χ1n) is 4.18. The van der Waals surface area contributed by atoms with E-state index >= 15 is 0 Å². The van der Waals surface area contributed by atoms with Crippen LogP contribution in [0.3, 0.4) is 0 Å². The molecule has 0 fully saturated rings. The van der Waals surface area contributed by atoms with Crippen LogP contribution in [0.1, 0.15) is 11.7 Å². The molecule has 0 radical (unpaired) electrons. The highest BCUT2D eigenvalue weighted by atomic mass is 79.9. The average Bonchev–Trinajstić information content (AvgIpc) is 2.23. The monoisotopic (exact) mass is 281 g/mol. The summed E-state index contributed by atoms with van der Waals surface area (Å²) in [5.41, 5.74) is 5.06. The Bertz CT molecular complexity index is 339. The van der Waals surface area contributed by atoms with Crippen molar-refractivity contribution in [1.82, 2.24) is 0 Å². The van der Waals surface area contributed by atoms with Crippen LogP contribution in [0.5, 0.6) is 0 Å². The molecule has 3 nitrogen and oxygen atoms in total. The number of benzene rings is 1. The zero-order valence-corrected chi connectivity index (χ0v) is 9.21. The minimum absolute atomic E-state index is 0.0499. The summed E-state index contributed by atoms with van der Waals surface area (Å²) in [6.07, 6.45) is -2.64. The van der Waals surface area contributed by atoms with Gasteiger partial charge in [-0.3, -0.25) is 0 Å². The second-order valence-corrected chi connectivity index (χ2v) is 3.84. The van der Waals surface area contributed by atoms with E-state index in [0.717, 1.165) is 12.1 Å². The third-order valence-corrected chi connectivity index (χ3v) is 2.71. The van der Waals surface area contributed by atoms with Gasteiger partial charge in [0.1, 0.15) is 17.7 Å². The van der Waals surface area contributed by atoms with Gasteiger partial charge in [0.2, 0.25) is 0 Å². The Labute approximate surface area is 93.7 Å². The predicted octanol–water partition coefficient (Wildman–Crippen LogP) is 1.08. The van der Waals surface area contributed by atoms with E-state index in [1.807, 2.05) is 0 Å². The van der Waals surface area contributed by atoms with Crippen LogP contribution in [0.15, 0.2) is 16.6 Å². The van der Waals surface area contributed by atoms with Crippen molar-refractivity contribution in [2.24, 2.45) is 5.73 Å². The van der Waals surface area contributed by atoms with E-state index < -0.39 is 23.8 Å². The lowest BCUT2D eigenvalue weighted by atomic mass is 10.0. The second-order valence-electron chi connectivity index (χ2n) is 3.05. The van der Waals surface area contributed by atoms with Gasteiger partial charge in [0, 0.05) is 6.54 Å². The normalized spacial score (nSPS) is 15.1. The smallest absolute Gasteiger partial charge is 0.140 e. The second kappa shape index (κ2) is 4.98. The Morgan fingerprint density at radius 1 is 1.27 bits per heavy atom. The highest BCUT2D eigenvalue weighted by Gasteiger charge is 2.19. The maximum Gasteiger partial charge on any atom is 0.140 e. The number of nitrogens with two attached hydrogens (primary N) is 1. The van der Waals surface area contributed by atoms with Crippen molar-refractivity contribution in [3.8, 4) is 0 Å². The molecule has 1 aromatic carbocycles. The summed E-state index contributed by atoms with van der Waals surface area (Å²) >= 11 is 2.70. The molecule has 1 rings (SSSR count). The van der Waals surface area contributed by atoms with E-state index in [1.54, 1.807) is 0 Å². The van der Waals surface area contributed by atoms with Gasteiger partial charge in [0.25, 0.3) is 0 Å². The topological polar surface area (TPSA) is 66.5 Å². The Hall–Kier alpha value is -0.560. The maximum atomic E-state index is 13.1. The molecule has 4 N–H and O–H groups in total. The maximum absolute atomic E-state index is 13.1. The molecule has 0 aromatic heterocycles. The predicted molar refractivity (Wildman–Crippen MR) is 54.1 cm³/mol. The molecule has 0 saturated carbocycles. The molecule has 0 bridgehead atoms. The minimum Gasteiger partial charge on any atom is -0.389 e. The Morgan fingerprint density at radius 2 is 1.73 bits per heavy atom. The average molecular weight is 282 g/mol. The van der Waals surface area contributed by atoms with Crippen molar-refractivity contribution in [2.45, 2.75) is 12.2 Å². The molecular formula is C9H10BrF2NO2. The van der Waals surface area contributed by atoms with E-state index in [4.69, 9.17) is 5.73 Å². The first kappa shape index (κ1) is 12.5. The number of hydrogen-bond donors (Lipinski definition) is 3. The summed E-state index contributed by atoms with van der Waals surface area (Å²) in [4.78, 5) is 0. The highest BCUT2D eigenvalue weighted by Crippen LogP contribution is 2.25. The molecule has 0 aliphatic rings. The third kappa shape index (κ3) is 2.72. The first-order valence-corrected chi connectivity index (χ1v) is 4.97.